The monoisotopic (exact) mass is 434 g/mol. The average Bonchev–Trinajstić information content (AvgIpc) is 3.17. The Morgan fingerprint density at radius 1 is 1.07 bits per heavy atom. The second-order valence-electron chi connectivity index (χ2n) is 5.84. The fraction of sp³-hybridized carbons (Fsp3) is 0.222. The first-order chi connectivity index (χ1) is 13.0. The minimum absolute atomic E-state index is 0.493. The van der Waals surface area contributed by atoms with Gasteiger partial charge in [-0.25, -0.2) is 9.97 Å². The fourth-order valence-electron chi connectivity index (χ4n) is 2.47. The third kappa shape index (κ3) is 4.13. The van der Waals surface area contributed by atoms with Crippen LogP contribution in [0.3, 0.4) is 0 Å². The Morgan fingerprint density at radius 3 is 2.56 bits per heavy atom. The van der Waals surface area contributed by atoms with Crippen LogP contribution in [0, 0.1) is 20.8 Å². The van der Waals surface area contributed by atoms with Crippen LogP contribution in [0.15, 0.2) is 43.8 Å². The van der Waals surface area contributed by atoms with Gasteiger partial charge in [-0.05, 0) is 55.4 Å². The maximum absolute atomic E-state index is 5.96. The molecule has 9 heteroatoms. The SMILES string of the molecule is Cc1nnc(Sc2nc(CSc3ccc(Cl)cc3)nc3sc(C)c(C)c23)o1. The number of aromatic nitrogens is 4. The molecule has 3 heterocycles. The number of halogens is 1. The van der Waals surface area contributed by atoms with E-state index >= 15 is 0 Å². The summed E-state index contributed by atoms with van der Waals surface area (Å²) in [7, 11) is 0. The Labute approximate surface area is 174 Å². The van der Waals surface area contributed by atoms with Crippen LogP contribution in [0.5, 0.6) is 0 Å². The van der Waals surface area contributed by atoms with E-state index in [9.17, 15) is 0 Å². The van der Waals surface area contributed by atoms with Gasteiger partial charge in [0.2, 0.25) is 5.89 Å². The van der Waals surface area contributed by atoms with Crippen molar-refractivity contribution in [3.63, 3.8) is 0 Å². The molecule has 1 aromatic carbocycles. The van der Waals surface area contributed by atoms with Gasteiger partial charge >= 0.3 is 0 Å². The third-order valence-electron chi connectivity index (χ3n) is 3.91. The van der Waals surface area contributed by atoms with Gasteiger partial charge in [-0.1, -0.05) is 11.6 Å². The molecule has 27 heavy (non-hydrogen) atoms. The number of aryl methyl sites for hydroxylation is 3. The molecule has 0 radical (unpaired) electrons. The van der Waals surface area contributed by atoms with Crippen LogP contribution >= 0.6 is 46.5 Å². The van der Waals surface area contributed by atoms with E-state index in [-0.39, 0.29) is 0 Å². The Morgan fingerprint density at radius 2 is 1.85 bits per heavy atom. The summed E-state index contributed by atoms with van der Waals surface area (Å²) in [6, 6.07) is 7.78. The summed E-state index contributed by atoms with van der Waals surface area (Å²) in [6.45, 7) is 5.98. The average molecular weight is 435 g/mol. The van der Waals surface area contributed by atoms with Crippen molar-refractivity contribution < 1.29 is 4.42 Å². The van der Waals surface area contributed by atoms with E-state index in [0.29, 0.717) is 16.9 Å². The summed E-state index contributed by atoms with van der Waals surface area (Å²) in [5.74, 6) is 1.99. The van der Waals surface area contributed by atoms with Gasteiger partial charge < -0.3 is 4.42 Å². The molecule has 0 unspecified atom stereocenters. The molecule has 138 valence electrons. The summed E-state index contributed by atoms with van der Waals surface area (Å²) < 4.78 is 5.53. The molecule has 0 bridgehead atoms. The topological polar surface area (TPSA) is 64.7 Å². The van der Waals surface area contributed by atoms with E-state index in [4.69, 9.17) is 26.0 Å². The molecule has 4 aromatic rings. The van der Waals surface area contributed by atoms with Crippen molar-refractivity contribution in [2.24, 2.45) is 0 Å². The summed E-state index contributed by atoms with van der Waals surface area (Å²) in [6.07, 6.45) is 0. The molecule has 0 saturated carbocycles. The van der Waals surface area contributed by atoms with Gasteiger partial charge in [-0.15, -0.1) is 33.3 Å². The van der Waals surface area contributed by atoms with Crippen molar-refractivity contribution in [2.45, 2.75) is 41.7 Å². The van der Waals surface area contributed by atoms with Crippen LogP contribution in [0.4, 0.5) is 0 Å². The first-order valence-electron chi connectivity index (χ1n) is 8.12. The Bertz CT molecular complexity index is 1110. The molecule has 4 rings (SSSR count). The Balaban J connectivity index is 1.67. The van der Waals surface area contributed by atoms with Crippen molar-refractivity contribution in [2.75, 3.05) is 0 Å². The first-order valence-corrected chi connectivity index (χ1v) is 11.1. The highest BCUT2D eigenvalue weighted by Gasteiger charge is 2.18. The maximum atomic E-state index is 5.96. The van der Waals surface area contributed by atoms with Gasteiger partial charge in [0.1, 0.15) is 15.7 Å². The predicted octanol–water partition coefficient (Wildman–Crippen LogP) is 6.10. The van der Waals surface area contributed by atoms with Gasteiger partial charge in [0.05, 0.1) is 5.75 Å². The largest absolute Gasteiger partial charge is 0.416 e. The minimum Gasteiger partial charge on any atom is -0.416 e. The number of thiophene rings is 1. The highest BCUT2D eigenvalue weighted by molar-refractivity contribution is 7.99. The number of thioether (sulfide) groups is 1. The van der Waals surface area contributed by atoms with E-state index in [1.54, 1.807) is 30.0 Å². The van der Waals surface area contributed by atoms with E-state index in [0.717, 1.165) is 31.0 Å². The van der Waals surface area contributed by atoms with Crippen molar-refractivity contribution in [1.82, 2.24) is 20.2 Å². The fourth-order valence-corrected chi connectivity index (χ4v) is 5.38. The number of nitrogens with zero attached hydrogens (tertiary/aromatic N) is 4. The molecule has 5 nitrogen and oxygen atoms in total. The predicted molar refractivity (Wildman–Crippen MR) is 111 cm³/mol. The molecule has 0 atom stereocenters. The molecule has 0 saturated heterocycles. The molecule has 0 aliphatic heterocycles. The summed E-state index contributed by atoms with van der Waals surface area (Å²) in [5, 5.41) is 11.1. The molecule has 0 N–H and O–H groups in total. The van der Waals surface area contributed by atoms with Gasteiger partial charge in [0.15, 0.2) is 0 Å². The molecule has 0 aliphatic rings. The van der Waals surface area contributed by atoms with Crippen LogP contribution in [0.1, 0.15) is 22.2 Å². The van der Waals surface area contributed by atoms with Crippen molar-refractivity contribution in [3.8, 4) is 0 Å². The third-order valence-corrected chi connectivity index (χ3v) is 7.10. The molecule has 0 aliphatic carbocycles. The van der Waals surface area contributed by atoms with Crippen LogP contribution in [0.2, 0.25) is 5.02 Å². The highest BCUT2D eigenvalue weighted by atomic mass is 35.5. The van der Waals surface area contributed by atoms with E-state index in [1.165, 1.54) is 22.2 Å². The summed E-state index contributed by atoms with van der Waals surface area (Å²) in [5.41, 5.74) is 1.20. The second-order valence-corrected chi connectivity index (χ2v) is 9.47. The number of benzene rings is 1. The van der Waals surface area contributed by atoms with Gasteiger partial charge in [-0.3, -0.25) is 0 Å². The molecule has 0 spiro atoms. The van der Waals surface area contributed by atoms with Crippen molar-refractivity contribution in [1.29, 1.82) is 0 Å². The van der Waals surface area contributed by atoms with E-state index < -0.39 is 0 Å². The first kappa shape index (κ1) is 18.7. The zero-order chi connectivity index (χ0) is 19.0. The van der Waals surface area contributed by atoms with E-state index in [2.05, 4.69) is 24.0 Å². The zero-order valence-electron chi connectivity index (χ0n) is 14.8. The standard InChI is InChI=1S/C18H15ClN4OS3/c1-9-10(2)26-16-15(9)17(27-18-23-22-11(3)24-18)21-14(20-16)8-25-13-6-4-12(19)5-7-13/h4-7H,8H2,1-3H3. The smallest absolute Gasteiger partial charge is 0.282 e. The lowest BCUT2D eigenvalue weighted by molar-refractivity contribution is 0.429. The van der Waals surface area contributed by atoms with Crippen molar-refractivity contribution >= 4 is 56.7 Å². The zero-order valence-corrected chi connectivity index (χ0v) is 18.0. The lowest BCUT2D eigenvalue weighted by atomic mass is 10.2. The summed E-state index contributed by atoms with van der Waals surface area (Å²) in [4.78, 5) is 12.9. The molecule has 0 fully saturated rings. The quantitative estimate of drug-likeness (QED) is 0.278. The molecular weight excluding hydrogens is 420 g/mol. The molecule has 0 amide bonds. The molecule has 3 aromatic heterocycles. The second kappa shape index (κ2) is 7.79. The number of rotatable bonds is 5. The van der Waals surface area contributed by atoms with Crippen LogP contribution in [0.25, 0.3) is 10.2 Å². The number of fused-ring (bicyclic) bond motifs is 1. The van der Waals surface area contributed by atoms with E-state index in [1.807, 2.05) is 24.3 Å². The molecular formula is C18H15ClN4OS3. The van der Waals surface area contributed by atoms with Gasteiger partial charge in [-0.2, -0.15) is 0 Å². The summed E-state index contributed by atoms with van der Waals surface area (Å²) >= 11 is 10.7. The maximum Gasteiger partial charge on any atom is 0.282 e. The Hall–Kier alpha value is -1.61. The Kier molecular flexibility index (Phi) is 5.41. The van der Waals surface area contributed by atoms with Crippen LogP contribution in [-0.4, -0.2) is 20.2 Å². The van der Waals surface area contributed by atoms with Crippen molar-refractivity contribution in [3.05, 3.63) is 51.4 Å². The lowest BCUT2D eigenvalue weighted by Gasteiger charge is -2.05. The van der Waals surface area contributed by atoms with Gasteiger partial charge in [0.25, 0.3) is 5.22 Å². The van der Waals surface area contributed by atoms with Gasteiger partial charge in [0, 0.05) is 27.1 Å². The number of hydrogen-bond donors (Lipinski definition) is 0. The highest BCUT2D eigenvalue weighted by Crippen LogP contribution is 2.38. The number of hydrogen-bond acceptors (Lipinski definition) is 8. The minimum atomic E-state index is 0.493. The lowest BCUT2D eigenvalue weighted by Crippen LogP contribution is -1.95. The normalized spacial score (nSPS) is 11.4. The van der Waals surface area contributed by atoms with Crippen LogP contribution in [-0.2, 0) is 5.75 Å². The van der Waals surface area contributed by atoms with Crippen LogP contribution < -0.4 is 0 Å².